The molecular weight excluding hydrogens is 266 g/mol. The van der Waals surface area contributed by atoms with Gasteiger partial charge in [-0.2, -0.15) is 0 Å². The first kappa shape index (κ1) is 15.9. The lowest BCUT2D eigenvalue weighted by Crippen LogP contribution is -2.31. The molecule has 1 saturated carbocycles. The Balaban J connectivity index is 1.50. The van der Waals surface area contributed by atoms with Crippen LogP contribution in [0.5, 0.6) is 0 Å². The van der Waals surface area contributed by atoms with E-state index in [1.807, 2.05) is 18.2 Å². The fourth-order valence-electron chi connectivity index (χ4n) is 2.53. The molecule has 5 heteroatoms. The summed E-state index contributed by atoms with van der Waals surface area (Å²) in [7, 11) is 0. The van der Waals surface area contributed by atoms with E-state index in [-0.39, 0.29) is 5.91 Å². The van der Waals surface area contributed by atoms with Crippen molar-refractivity contribution >= 4 is 5.91 Å². The van der Waals surface area contributed by atoms with Gasteiger partial charge in [-0.15, -0.1) is 0 Å². The quantitative estimate of drug-likeness (QED) is 0.745. The third kappa shape index (κ3) is 6.23. The van der Waals surface area contributed by atoms with Gasteiger partial charge in [0.25, 0.3) is 0 Å². The SMILES string of the molecule is NC1CCC(OCCCNC(=O)Cc2ccccn2)CC1. The predicted octanol–water partition coefficient (Wildman–Crippen LogP) is 1.42. The highest BCUT2D eigenvalue weighted by Gasteiger charge is 2.18. The van der Waals surface area contributed by atoms with Crippen LogP contribution in [-0.4, -0.2) is 36.2 Å². The molecule has 2 rings (SSSR count). The number of pyridine rings is 1. The van der Waals surface area contributed by atoms with Crippen molar-refractivity contribution in [2.75, 3.05) is 13.2 Å². The van der Waals surface area contributed by atoms with E-state index < -0.39 is 0 Å². The van der Waals surface area contributed by atoms with E-state index in [1.54, 1.807) is 6.20 Å². The zero-order valence-corrected chi connectivity index (χ0v) is 12.5. The number of hydrogen-bond acceptors (Lipinski definition) is 4. The van der Waals surface area contributed by atoms with Crippen LogP contribution in [-0.2, 0) is 16.0 Å². The van der Waals surface area contributed by atoms with E-state index in [9.17, 15) is 4.79 Å². The lowest BCUT2D eigenvalue weighted by Gasteiger charge is -2.26. The summed E-state index contributed by atoms with van der Waals surface area (Å²) in [6.07, 6.45) is 7.48. The second-order valence-electron chi connectivity index (χ2n) is 5.61. The van der Waals surface area contributed by atoms with Crippen molar-refractivity contribution in [2.24, 2.45) is 5.73 Å². The van der Waals surface area contributed by atoms with Gasteiger partial charge in [0.15, 0.2) is 0 Å². The average Bonchev–Trinajstić information content (AvgIpc) is 2.50. The number of aromatic nitrogens is 1. The minimum absolute atomic E-state index is 0.0114. The van der Waals surface area contributed by atoms with Gasteiger partial charge >= 0.3 is 0 Å². The summed E-state index contributed by atoms with van der Waals surface area (Å²) in [6, 6.07) is 5.95. The first-order valence-corrected chi connectivity index (χ1v) is 7.78. The summed E-state index contributed by atoms with van der Waals surface area (Å²) in [5.41, 5.74) is 6.66. The third-order valence-corrected chi connectivity index (χ3v) is 3.78. The number of rotatable bonds is 7. The van der Waals surface area contributed by atoms with Gasteiger partial charge in [0.2, 0.25) is 5.91 Å². The fraction of sp³-hybridized carbons (Fsp3) is 0.625. The maximum atomic E-state index is 11.7. The Morgan fingerprint density at radius 1 is 1.33 bits per heavy atom. The molecule has 116 valence electrons. The van der Waals surface area contributed by atoms with Gasteiger partial charge in [0.1, 0.15) is 0 Å². The Morgan fingerprint density at radius 3 is 2.86 bits per heavy atom. The molecule has 21 heavy (non-hydrogen) atoms. The summed E-state index contributed by atoms with van der Waals surface area (Å²) in [6.45, 7) is 1.35. The van der Waals surface area contributed by atoms with E-state index >= 15 is 0 Å². The van der Waals surface area contributed by atoms with Crippen LogP contribution in [0.1, 0.15) is 37.8 Å². The van der Waals surface area contributed by atoms with Crippen LogP contribution in [0.3, 0.4) is 0 Å². The highest BCUT2D eigenvalue weighted by Crippen LogP contribution is 2.19. The van der Waals surface area contributed by atoms with Crippen LogP contribution in [0.25, 0.3) is 0 Å². The highest BCUT2D eigenvalue weighted by atomic mass is 16.5. The Kier molecular flexibility index (Phi) is 6.63. The molecule has 1 aliphatic rings. The number of nitrogens with zero attached hydrogens (tertiary/aromatic N) is 1. The van der Waals surface area contributed by atoms with Crippen LogP contribution >= 0.6 is 0 Å². The number of amides is 1. The van der Waals surface area contributed by atoms with Gasteiger partial charge in [-0.3, -0.25) is 9.78 Å². The molecule has 3 N–H and O–H groups in total. The number of hydrogen-bond donors (Lipinski definition) is 2. The smallest absolute Gasteiger partial charge is 0.226 e. The first-order chi connectivity index (χ1) is 10.2. The Labute approximate surface area is 126 Å². The second-order valence-corrected chi connectivity index (χ2v) is 5.61. The lowest BCUT2D eigenvalue weighted by molar-refractivity contribution is -0.120. The molecule has 1 aromatic rings. The van der Waals surface area contributed by atoms with E-state index in [0.717, 1.165) is 37.8 Å². The molecule has 0 radical (unpaired) electrons. The maximum absolute atomic E-state index is 11.7. The molecule has 0 aliphatic heterocycles. The Hall–Kier alpha value is -1.46. The van der Waals surface area contributed by atoms with Crippen LogP contribution in [0.2, 0.25) is 0 Å². The standard InChI is InChI=1S/C16H25N3O2/c17-13-5-7-15(8-6-13)21-11-3-10-19-16(20)12-14-4-1-2-9-18-14/h1-2,4,9,13,15H,3,5-8,10-12,17H2,(H,19,20). The molecule has 1 fully saturated rings. The average molecular weight is 291 g/mol. The molecule has 0 saturated heterocycles. The topological polar surface area (TPSA) is 77.2 Å². The number of ether oxygens (including phenoxy) is 1. The van der Waals surface area contributed by atoms with Gasteiger partial charge in [-0.05, 0) is 44.2 Å². The Morgan fingerprint density at radius 2 is 2.14 bits per heavy atom. The largest absolute Gasteiger partial charge is 0.378 e. The van der Waals surface area contributed by atoms with Gasteiger partial charge in [0, 0.05) is 31.1 Å². The predicted molar refractivity (Wildman–Crippen MR) is 81.8 cm³/mol. The van der Waals surface area contributed by atoms with Crippen molar-refractivity contribution in [2.45, 2.75) is 50.7 Å². The van der Waals surface area contributed by atoms with Crippen molar-refractivity contribution in [3.05, 3.63) is 30.1 Å². The van der Waals surface area contributed by atoms with Crippen molar-refractivity contribution in [3.8, 4) is 0 Å². The normalized spacial score (nSPS) is 22.0. The summed E-state index contributed by atoms with van der Waals surface area (Å²) in [4.78, 5) is 15.8. The number of nitrogens with one attached hydrogen (secondary N) is 1. The lowest BCUT2D eigenvalue weighted by atomic mass is 9.94. The summed E-state index contributed by atoms with van der Waals surface area (Å²) < 4.78 is 5.81. The second kappa shape index (κ2) is 8.74. The maximum Gasteiger partial charge on any atom is 0.226 e. The first-order valence-electron chi connectivity index (χ1n) is 7.78. The zero-order chi connectivity index (χ0) is 14.9. The molecule has 1 aliphatic carbocycles. The van der Waals surface area contributed by atoms with Crippen LogP contribution < -0.4 is 11.1 Å². The minimum atomic E-state index is 0.0114. The summed E-state index contributed by atoms with van der Waals surface area (Å²) in [5.74, 6) is 0.0114. The molecule has 1 heterocycles. The summed E-state index contributed by atoms with van der Waals surface area (Å²) >= 11 is 0. The van der Waals surface area contributed by atoms with E-state index in [2.05, 4.69) is 10.3 Å². The zero-order valence-electron chi connectivity index (χ0n) is 12.5. The van der Waals surface area contributed by atoms with Crippen LogP contribution in [0, 0.1) is 0 Å². The minimum Gasteiger partial charge on any atom is -0.378 e. The highest BCUT2D eigenvalue weighted by molar-refractivity contribution is 5.77. The van der Waals surface area contributed by atoms with Crippen molar-refractivity contribution < 1.29 is 9.53 Å². The van der Waals surface area contributed by atoms with Gasteiger partial charge in [-0.25, -0.2) is 0 Å². The molecule has 5 nitrogen and oxygen atoms in total. The number of nitrogens with two attached hydrogens (primary N) is 1. The molecule has 0 unspecified atom stereocenters. The van der Waals surface area contributed by atoms with Gasteiger partial charge in [-0.1, -0.05) is 6.07 Å². The van der Waals surface area contributed by atoms with E-state index in [1.165, 1.54) is 0 Å². The monoisotopic (exact) mass is 291 g/mol. The van der Waals surface area contributed by atoms with Gasteiger partial charge < -0.3 is 15.8 Å². The van der Waals surface area contributed by atoms with Gasteiger partial charge in [0.05, 0.1) is 12.5 Å². The van der Waals surface area contributed by atoms with Crippen LogP contribution in [0.15, 0.2) is 24.4 Å². The van der Waals surface area contributed by atoms with E-state index in [0.29, 0.717) is 31.7 Å². The molecule has 0 bridgehead atoms. The molecule has 0 atom stereocenters. The molecule has 1 amide bonds. The van der Waals surface area contributed by atoms with Crippen molar-refractivity contribution in [3.63, 3.8) is 0 Å². The fourth-order valence-corrected chi connectivity index (χ4v) is 2.53. The van der Waals surface area contributed by atoms with Crippen LogP contribution in [0.4, 0.5) is 0 Å². The molecular formula is C16H25N3O2. The van der Waals surface area contributed by atoms with Crippen molar-refractivity contribution in [1.29, 1.82) is 0 Å². The Bertz CT molecular complexity index is 417. The molecule has 1 aromatic heterocycles. The number of carbonyl (C=O) groups is 1. The summed E-state index contributed by atoms with van der Waals surface area (Å²) in [5, 5.41) is 2.90. The van der Waals surface area contributed by atoms with E-state index in [4.69, 9.17) is 10.5 Å². The van der Waals surface area contributed by atoms with Crippen molar-refractivity contribution in [1.82, 2.24) is 10.3 Å². The number of carbonyl (C=O) groups excluding carboxylic acids is 1. The molecule has 0 aromatic carbocycles. The molecule has 0 spiro atoms. The third-order valence-electron chi connectivity index (χ3n) is 3.78.